The Morgan fingerprint density at radius 1 is 1.50 bits per heavy atom. The van der Waals surface area contributed by atoms with Crippen LogP contribution in [0.15, 0.2) is 11.4 Å². The second kappa shape index (κ2) is 5.12. The molecule has 0 bridgehead atoms. The Bertz CT molecular complexity index is 346. The van der Waals surface area contributed by atoms with Gasteiger partial charge < -0.3 is 4.74 Å². The van der Waals surface area contributed by atoms with Gasteiger partial charge in [-0.3, -0.25) is 9.59 Å². The Hall–Kier alpha value is -0.870. The van der Waals surface area contributed by atoms with Gasteiger partial charge in [0.05, 0.1) is 23.4 Å². The third-order valence-electron chi connectivity index (χ3n) is 1.65. The maximum atomic E-state index is 11.5. The topological polar surface area (TPSA) is 43.4 Å². The highest BCUT2D eigenvalue weighted by atomic mass is 35.5. The van der Waals surface area contributed by atoms with E-state index in [1.807, 2.05) is 0 Å². The zero-order valence-electron chi connectivity index (χ0n) is 7.58. The van der Waals surface area contributed by atoms with Crippen LogP contribution in [0.4, 0.5) is 0 Å². The van der Waals surface area contributed by atoms with Crippen molar-refractivity contribution >= 4 is 34.7 Å². The van der Waals surface area contributed by atoms with Crippen LogP contribution in [0, 0.1) is 0 Å². The van der Waals surface area contributed by atoms with Crippen molar-refractivity contribution in [3.63, 3.8) is 0 Å². The van der Waals surface area contributed by atoms with Crippen LogP contribution in [-0.2, 0) is 9.53 Å². The van der Waals surface area contributed by atoms with Crippen molar-refractivity contribution in [2.75, 3.05) is 7.11 Å². The molecule has 0 radical (unpaired) electrons. The van der Waals surface area contributed by atoms with Gasteiger partial charge in [0.15, 0.2) is 5.78 Å². The number of thiophene rings is 1. The van der Waals surface area contributed by atoms with E-state index in [9.17, 15) is 9.59 Å². The number of rotatable bonds is 4. The lowest BCUT2D eigenvalue weighted by Crippen LogP contribution is -2.05. The van der Waals surface area contributed by atoms with Gasteiger partial charge in [-0.05, 0) is 11.4 Å². The van der Waals surface area contributed by atoms with Gasteiger partial charge in [-0.15, -0.1) is 11.3 Å². The number of hydrogen-bond acceptors (Lipinski definition) is 4. The monoisotopic (exact) mass is 232 g/mol. The van der Waals surface area contributed by atoms with Crippen molar-refractivity contribution in [3.8, 4) is 0 Å². The summed E-state index contributed by atoms with van der Waals surface area (Å²) in [5, 5.41) is 2.19. The van der Waals surface area contributed by atoms with Gasteiger partial charge in [-0.2, -0.15) is 0 Å². The second-order valence-electron chi connectivity index (χ2n) is 2.60. The summed E-state index contributed by atoms with van der Waals surface area (Å²) in [6.07, 6.45) is 0.246. The Morgan fingerprint density at radius 2 is 2.21 bits per heavy atom. The largest absolute Gasteiger partial charge is 0.469 e. The first kappa shape index (κ1) is 11.2. The van der Waals surface area contributed by atoms with E-state index in [0.717, 1.165) is 0 Å². The average Bonchev–Trinajstić information content (AvgIpc) is 2.60. The van der Waals surface area contributed by atoms with E-state index in [0.29, 0.717) is 9.90 Å². The quantitative estimate of drug-likeness (QED) is 0.592. The van der Waals surface area contributed by atoms with Crippen molar-refractivity contribution in [1.82, 2.24) is 0 Å². The van der Waals surface area contributed by atoms with E-state index in [1.165, 1.54) is 18.4 Å². The maximum absolute atomic E-state index is 11.5. The standard InChI is InChI=1S/C9H9ClO3S/c1-13-8(12)3-2-7(11)9-6(10)4-5-14-9/h4-5H,2-3H2,1H3. The number of carbonyl (C=O) groups excluding carboxylic acids is 2. The Kier molecular flexibility index (Phi) is 4.10. The number of halogens is 1. The highest BCUT2D eigenvalue weighted by molar-refractivity contribution is 7.12. The molecule has 1 rings (SSSR count). The van der Waals surface area contributed by atoms with E-state index >= 15 is 0 Å². The fourth-order valence-corrected chi connectivity index (χ4v) is 2.05. The van der Waals surface area contributed by atoms with Crippen LogP contribution in [0.2, 0.25) is 5.02 Å². The molecule has 0 N–H and O–H groups in total. The van der Waals surface area contributed by atoms with E-state index in [2.05, 4.69) is 4.74 Å². The highest BCUT2D eigenvalue weighted by Gasteiger charge is 2.13. The Balaban J connectivity index is 2.52. The summed E-state index contributed by atoms with van der Waals surface area (Å²) in [6.45, 7) is 0. The number of esters is 1. The van der Waals surface area contributed by atoms with Crippen LogP contribution in [0.3, 0.4) is 0 Å². The van der Waals surface area contributed by atoms with Crippen LogP contribution < -0.4 is 0 Å². The van der Waals surface area contributed by atoms with Gasteiger partial charge in [-0.1, -0.05) is 11.6 Å². The number of ether oxygens (including phenoxy) is 1. The lowest BCUT2D eigenvalue weighted by atomic mass is 10.2. The van der Waals surface area contributed by atoms with Crippen LogP contribution in [0.25, 0.3) is 0 Å². The number of hydrogen-bond donors (Lipinski definition) is 0. The third-order valence-corrected chi connectivity index (χ3v) is 3.04. The molecule has 5 heteroatoms. The zero-order valence-corrected chi connectivity index (χ0v) is 9.15. The van der Waals surface area contributed by atoms with Crippen LogP contribution in [0.5, 0.6) is 0 Å². The summed E-state index contributed by atoms with van der Waals surface area (Å²) in [5.74, 6) is -0.499. The smallest absolute Gasteiger partial charge is 0.305 e. The molecule has 0 saturated carbocycles. The molecule has 1 heterocycles. The number of Topliss-reactive ketones (excluding diaryl/α,β-unsaturated/α-hetero) is 1. The van der Waals surface area contributed by atoms with Crippen molar-refractivity contribution in [3.05, 3.63) is 21.3 Å². The number of methoxy groups -OCH3 is 1. The van der Waals surface area contributed by atoms with Crippen molar-refractivity contribution < 1.29 is 14.3 Å². The summed E-state index contributed by atoms with van der Waals surface area (Å²) in [5.41, 5.74) is 0. The van der Waals surface area contributed by atoms with Gasteiger partial charge >= 0.3 is 5.97 Å². The molecule has 0 aliphatic heterocycles. The summed E-state index contributed by atoms with van der Waals surface area (Å²) in [6, 6.07) is 1.66. The number of carbonyl (C=O) groups is 2. The fraction of sp³-hybridized carbons (Fsp3) is 0.333. The lowest BCUT2D eigenvalue weighted by molar-refractivity contribution is -0.140. The van der Waals surface area contributed by atoms with Crippen LogP contribution >= 0.6 is 22.9 Å². The molecule has 0 fully saturated rings. The van der Waals surface area contributed by atoms with Gasteiger partial charge in [-0.25, -0.2) is 0 Å². The molecule has 0 unspecified atom stereocenters. The van der Waals surface area contributed by atoms with Gasteiger partial charge in [0, 0.05) is 6.42 Å². The van der Waals surface area contributed by atoms with Gasteiger partial charge in [0.25, 0.3) is 0 Å². The van der Waals surface area contributed by atoms with E-state index in [4.69, 9.17) is 11.6 Å². The molecular formula is C9H9ClO3S. The predicted molar refractivity (Wildman–Crippen MR) is 54.9 cm³/mol. The SMILES string of the molecule is COC(=O)CCC(=O)c1sccc1Cl. The van der Waals surface area contributed by atoms with E-state index in [1.54, 1.807) is 11.4 Å². The molecule has 0 atom stereocenters. The summed E-state index contributed by atoms with van der Waals surface area (Å²) in [7, 11) is 1.30. The van der Waals surface area contributed by atoms with Gasteiger partial charge in [0.2, 0.25) is 0 Å². The first-order valence-corrected chi connectivity index (χ1v) is 5.24. The summed E-state index contributed by atoms with van der Waals surface area (Å²) < 4.78 is 4.43. The fourth-order valence-electron chi connectivity index (χ4n) is 0.924. The summed E-state index contributed by atoms with van der Waals surface area (Å²) in [4.78, 5) is 22.7. The molecule has 1 aromatic heterocycles. The first-order valence-electron chi connectivity index (χ1n) is 3.98. The van der Waals surface area contributed by atoms with E-state index in [-0.39, 0.29) is 24.6 Å². The molecule has 1 aromatic rings. The predicted octanol–water partition coefficient (Wildman–Crippen LogP) is 2.54. The van der Waals surface area contributed by atoms with Crippen LogP contribution in [0.1, 0.15) is 22.5 Å². The first-order chi connectivity index (χ1) is 6.65. The molecule has 0 spiro atoms. The minimum Gasteiger partial charge on any atom is -0.469 e. The molecule has 0 aromatic carbocycles. The zero-order chi connectivity index (χ0) is 10.6. The molecule has 0 amide bonds. The summed E-state index contributed by atoms with van der Waals surface area (Å²) >= 11 is 7.04. The molecule has 3 nitrogen and oxygen atoms in total. The Morgan fingerprint density at radius 3 is 2.71 bits per heavy atom. The van der Waals surface area contributed by atoms with Crippen molar-refractivity contribution in [2.24, 2.45) is 0 Å². The molecule has 0 saturated heterocycles. The maximum Gasteiger partial charge on any atom is 0.305 e. The molecule has 76 valence electrons. The molecular weight excluding hydrogens is 224 g/mol. The van der Waals surface area contributed by atoms with E-state index < -0.39 is 0 Å². The van der Waals surface area contributed by atoms with Crippen molar-refractivity contribution in [2.45, 2.75) is 12.8 Å². The molecule has 0 aliphatic rings. The minimum absolute atomic E-state index is 0.101. The highest BCUT2D eigenvalue weighted by Crippen LogP contribution is 2.23. The molecule has 0 aliphatic carbocycles. The van der Waals surface area contributed by atoms with Crippen molar-refractivity contribution in [1.29, 1.82) is 0 Å². The number of ketones is 1. The minimum atomic E-state index is -0.383. The lowest BCUT2D eigenvalue weighted by Gasteiger charge is -1.98. The molecule has 14 heavy (non-hydrogen) atoms. The Labute approximate surface area is 90.6 Å². The normalized spacial score (nSPS) is 9.86. The van der Waals surface area contributed by atoms with Crippen LogP contribution in [-0.4, -0.2) is 18.9 Å². The van der Waals surface area contributed by atoms with Gasteiger partial charge in [0.1, 0.15) is 0 Å². The average molecular weight is 233 g/mol. The second-order valence-corrected chi connectivity index (χ2v) is 3.92. The third kappa shape index (κ3) is 2.82.